The van der Waals surface area contributed by atoms with Crippen LogP contribution in [0.15, 0.2) is 48.5 Å². The number of hydrogen-bond acceptors (Lipinski definition) is 6. The van der Waals surface area contributed by atoms with Gasteiger partial charge < -0.3 is 10.4 Å². The van der Waals surface area contributed by atoms with Gasteiger partial charge in [0.05, 0.1) is 11.0 Å². The molecule has 0 radical (unpaired) electrons. The number of piperidine rings is 1. The Labute approximate surface area is 182 Å². The second-order valence-corrected chi connectivity index (χ2v) is 8.56. The van der Waals surface area contributed by atoms with Crippen LogP contribution in [0.5, 0.6) is 0 Å². The van der Waals surface area contributed by atoms with Crippen molar-refractivity contribution in [1.29, 1.82) is 0 Å². The van der Waals surface area contributed by atoms with Crippen LogP contribution in [-0.4, -0.2) is 52.0 Å². The predicted molar refractivity (Wildman–Crippen MR) is 119 cm³/mol. The van der Waals surface area contributed by atoms with Gasteiger partial charge in [0.1, 0.15) is 5.69 Å². The van der Waals surface area contributed by atoms with Crippen molar-refractivity contribution in [3.05, 3.63) is 69.8 Å². The van der Waals surface area contributed by atoms with Crippen LogP contribution in [0, 0.1) is 10.1 Å². The number of ketones is 1. The van der Waals surface area contributed by atoms with Gasteiger partial charge in [-0.2, -0.15) is 0 Å². The topological polar surface area (TPSA) is 95.7 Å². The molecule has 2 atom stereocenters. The maximum absolute atomic E-state index is 12.7. The van der Waals surface area contributed by atoms with E-state index in [1.54, 1.807) is 36.4 Å². The minimum atomic E-state index is -0.433. The summed E-state index contributed by atoms with van der Waals surface area (Å²) >= 11 is 0. The van der Waals surface area contributed by atoms with E-state index in [4.69, 9.17) is 0 Å². The molecule has 1 heterocycles. The summed E-state index contributed by atoms with van der Waals surface area (Å²) in [5.41, 5.74) is 1.19. The number of carbonyl (C=O) groups excluding carboxylic acids is 1. The van der Waals surface area contributed by atoms with Crippen molar-refractivity contribution < 1.29 is 14.8 Å². The molecule has 2 fully saturated rings. The number of aliphatic hydroxyl groups is 1. The molecule has 7 heteroatoms. The van der Waals surface area contributed by atoms with Crippen LogP contribution in [0.4, 0.5) is 11.4 Å². The largest absolute Gasteiger partial charge is 0.391 e. The van der Waals surface area contributed by atoms with E-state index in [1.165, 1.54) is 12.5 Å². The Hall–Kier alpha value is -2.77. The number of nitrogens with one attached hydrogen (secondary N) is 1. The molecule has 0 aromatic heterocycles. The van der Waals surface area contributed by atoms with E-state index in [2.05, 4.69) is 10.2 Å². The third-order valence-electron chi connectivity index (χ3n) is 6.54. The van der Waals surface area contributed by atoms with Crippen LogP contribution in [0.1, 0.15) is 54.4 Å². The van der Waals surface area contributed by atoms with E-state index in [-0.39, 0.29) is 29.7 Å². The first-order valence-corrected chi connectivity index (χ1v) is 11.1. The molecule has 2 aromatic rings. The van der Waals surface area contributed by atoms with Gasteiger partial charge in [-0.25, -0.2) is 0 Å². The SMILES string of the molecule is O=C(c1ccccc1)c1ccc(NC2CCN(C3CCCCC3O)CC2)c([N+](=O)[O-])c1. The second kappa shape index (κ2) is 9.58. The van der Waals surface area contributed by atoms with Crippen LogP contribution >= 0.6 is 0 Å². The number of carbonyl (C=O) groups is 1. The standard InChI is InChI=1S/C24H29N3O4/c28-23-9-5-4-8-21(23)26-14-12-19(13-15-26)25-20-11-10-18(16-22(20)27(30)31)24(29)17-6-2-1-3-7-17/h1-3,6-7,10-11,16,19,21,23,25,28H,4-5,8-9,12-15H2. The van der Waals surface area contributed by atoms with Crippen molar-refractivity contribution in [2.45, 2.75) is 56.7 Å². The molecule has 1 saturated carbocycles. The first kappa shape index (κ1) is 21.5. The van der Waals surface area contributed by atoms with Crippen LogP contribution in [-0.2, 0) is 0 Å². The number of hydrogen-bond donors (Lipinski definition) is 2. The van der Waals surface area contributed by atoms with E-state index in [1.807, 2.05) is 6.07 Å². The molecule has 2 unspecified atom stereocenters. The van der Waals surface area contributed by atoms with Gasteiger partial charge in [-0.1, -0.05) is 43.2 Å². The Balaban J connectivity index is 1.43. The minimum absolute atomic E-state index is 0.0769. The molecule has 1 saturated heterocycles. The number of nitrogens with zero attached hydrogens (tertiary/aromatic N) is 2. The lowest BCUT2D eigenvalue weighted by atomic mass is 9.89. The van der Waals surface area contributed by atoms with Crippen LogP contribution in [0.2, 0.25) is 0 Å². The Bertz CT molecular complexity index is 926. The van der Waals surface area contributed by atoms with Gasteiger partial charge in [-0.05, 0) is 37.8 Å². The Morgan fingerprint density at radius 3 is 2.39 bits per heavy atom. The Morgan fingerprint density at radius 2 is 1.71 bits per heavy atom. The normalized spacial score (nSPS) is 22.7. The lowest BCUT2D eigenvalue weighted by Crippen LogP contribution is -2.50. The van der Waals surface area contributed by atoms with Crippen LogP contribution < -0.4 is 5.32 Å². The zero-order valence-corrected chi connectivity index (χ0v) is 17.6. The van der Waals surface area contributed by atoms with Crippen molar-refractivity contribution in [2.75, 3.05) is 18.4 Å². The summed E-state index contributed by atoms with van der Waals surface area (Å²) in [7, 11) is 0. The molecule has 164 valence electrons. The third kappa shape index (κ3) is 4.94. The Kier molecular flexibility index (Phi) is 6.63. The average Bonchev–Trinajstić information content (AvgIpc) is 2.80. The van der Waals surface area contributed by atoms with Gasteiger partial charge in [0, 0.05) is 42.4 Å². The summed E-state index contributed by atoms with van der Waals surface area (Å²) < 4.78 is 0. The van der Waals surface area contributed by atoms with E-state index >= 15 is 0 Å². The molecule has 31 heavy (non-hydrogen) atoms. The van der Waals surface area contributed by atoms with Gasteiger partial charge in [0.25, 0.3) is 5.69 Å². The molecule has 0 spiro atoms. The molecule has 0 amide bonds. The molecule has 1 aliphatic carbocycles. The molecular weight excluding hydrogens is 394 g/mol. The van der Waals surface area contributed by atoms with Crippen molar-refractivity contribution in [2.24, 2.45) is 0 Å². The lowest BCUT2D eigenvalue weighted by Gasteiger charge is -2.41. The van der Waals surface area contributed by atoms with Crippen LogP contribution in [0.25, 0.3) is 0 Å². The number of aliphatic hydroxyl groups excluding tert-OH is 1. The minimum Gasteiger partial charge on any atom is -0.391 e. The number of nitro groups is 1. The van der Waals surface area contributed by atoms with E-state index < -0.39 is 4.92 Å². The van der Waals surface area contributed by atoms with E-state index in [9.17, 15) is 20.0 Å². The number of likely N-dealkylation sites (tertiary alicyclic amines) is 1. The molecule has 7 nitrogen and oxygen atoms in total. The highest BCUT2D eigenvalue weighted by Gasteiger charge is 2.32. The number of rotatable bonds is 6. The fraction of sp³-hybridized carbons (Fsp3) is 0.458. The highest BCUT2D eigenvalue weighted by molar-refractivity contribution is 6.09. The van der Waals surface area contributed by atoms with Crippen molar-refractivity contribution in [1.82, 2.24) is 4.90 Å². The monoisotopic (exact) mass is 423 g/mol. The van der Waals surface area contributed by atoms with Gasteiger partial charge in [0.15, 0.2) is 5.78 Å². The maximum Gasteiger partial charge on any atom is 0.293 e. The summed E-state index contributed by atoms with van der Waals surface area (Å²) in [6.07, 6.45) is 5.68. The molecule has 2 aliphatic rings. The summed E-state index contributed by atoms with van der Waals surface area (Å²) in [5.74, 6) is -0.227. The highest BCUT2D eigenvalue weighted by Crippen LogP contribution is 2.30. The summed E-state index contributed by atoms with van der Waals surface area (Å²) in [6.45, 7) is 1.75. The molecular formula is C24H29N3O4. The van der Waals surface area contributed by atoms with Gasteiger partial charge in [0.2, 0.25) is 0 Å². The molecule has 4 rings (SSSR count). The van der Waals surface area contributed by atoms with E-state index in [0.717, 1.165) is 45.2 Å². The zero-order chi connectivity index (χ0) is 21.8. The van der Waals surface area contributed by atoms with Crippen molar-refractivity contribution >= 4 is 17.2 Å². The van der Waals surface area contributed by atoms with E-state index in [0.29, 0.717) is 16.8 Å². The fourth-order valence-corrected chi connectivity index (χ4v) is 4.82. The van der Waals surface area contributed by atoms with Crippen molar-refractivity contribution in [3.63, 3.8) is 0 Å². The third-order valence-corrected chi connectivity index (χ3v) is 6.54. The molecule has 2 aromatic carbocycles. The molecule has 2 N–H and O–H groups in total. The average molecular weight is 424 g/mol. The second-order valence-electron chi connectivity index (χ2n) is 8.56. The summed E-state index contributed by atoms with van der Waals surface area (Å²) in [4.78, 5) is 26.3. The van der Waals surface area contributed by atoms with Gasteiger partial charge in [-0.3, -0.25) is 19.8 Å². The molecule has 1 aliphatic heterocycles. The maximum atomic E-state index is 12.7. The highest BCUT2D eigenvalue weighted by atomic mass is 16.6. The predicted octanol–water partition coefficient (Wildman–Crippen LogP) is 4.01. The number of nitro benzene ring substituents is 1. The first-order valence-electron chi connectivity index (χ1n) is 11.1. The molecule has 0 bridgehead atoms. The fourth-order valence-electron chi connectivity index (χ4n) is 4.82. The zero-order valence-electron chi connectivity index (χ0n) is 17.6. The van der Waals surface area contributed by atoms with Crippen molar-refractivity contribution in [3.8, 4) is 0 Å². The number of benzene rings is 2. The Morgan fingerprint density at radius 1 is 1.00 bits per heavy atom. The quantitative estimate of drug-likeness (QED) is 0.414. The smallest absolute Gasteiger partial charge is 0.293 e. The summed E-state index contributed by atoms with van der Waals surface area (Å²) in [5, 5.41) is 25.3. The first-order chi connectivity index (χ1) is 15.0. The van der Waals surface area contributed by atoms with Gasteiger partial charge in [-0.15, -0.1) is 0 Å². The van der Waals surface area contributed by atoms with Gasteiger partial charge >= 0.3 is 0 Å². The summed E-state index contributed by atoms with van der Waals surface area (Å²) in [6, 6.07) is 13.8. The number of anilines is 1. The van der Waals surface area contributed by atoms with Crippen LogP contribution in [0.3, 0.4) is 0 Å². The lowest BCUT2D eigenvalue weighted by molar-refractivity contribution is -0.384.